The van der Waals surface area contributed by atoms with E-state index in [2.05, 4.69) is 15.6 Å². The van der Waals surface area contributed by atoms with Crippen molar-refractivity contribution >= 4 is 17.5 Å². The summed E-state index contributed by atoms with van der Waals surface area (Å²) in [7, 11) is 1.55. The van der Waals surface area contributed by atoms with Crippen LogP contribution >= 0.6 is 0 Å². The number of methoxy groups -OCH3 is 1. The Morgan fingerprint density at radius 3 is 2.70 bits per heavy atom. The van der Waals surface area contributed by atoms with Gasteiger partial charge in [-0.1, -0.05) is 6.07 Å². The van der Waals surface area contributed by atoms with Gasteiger partial charge in [0.05, 0.1) is 25.0 Å². The molecule has 0 aliphatic rings. The van der Waals surface area contributed by atoms with Gasteiger partial charge in [-0.05, 0) is 36.8 Å². The van der Waals surface area contributed by atoms with E-state index in [4.69, 9.17) is 4.74 Å². The molecule has 120 valence electrons. The molecular formula is C17H19N3O3. The monoisotopic (exact) mass is 313 g/mol. The molecule has 1 aromatic carbocycles. The number of carbonyl (C=O) groups is 2. The van der Waals surface area contributed by atoms with Gasteiger partial charge in [0.25, 0.3) is 5.91 Å². The SMILES string of the molecule is COc1ccc(C)cc1NC(=O)c1ccnc(CNC(C)=O)c1. The molecule has 6 nitrogen and oxygen atoms in total. The molecule has 0 fully saturated rings. The minimum absolute atomic E-state index is 0.147. The van der Waals surface area contributed by atoms with E-state index in [1.807, 2.05) is 19.1 Å². The van der Waals surface area contributed by atoms with Crippen molar-refractivity contribution in [3.05, 3.63) is 53.3 Å². The van der Waals surface area contributed by atoms with Gasteiger partial charge >= 0.3 is 0 Å². The molecule has 0 aliphatic heterocycles. The van der Waals surface area contributed by atoms with E-state index in [0.29, 0.717) is 22.7 Å². The zero-order valence-corrected chi connectivity index (χ0v) is 13.3. The number of nitrogens with zero attached hydrogens (tertiary/aromatic N) is 1. The second-order valence-corrected chi connectivity index (χ2v) is 5.10. The average molecular weight is 313 g/mol. The molecule has 0 saturated heterocycles. The summed E-state index contributed by atoms with van der Waals surface area (Å²) in [5.41, 5.74) is 2.70. The molecule has 2 aromatic rings. The third-order valence-corrected chi connectivity index (χ3v) is 3.20. The van der Waals surface area contributed by atoms with Gasteiger partial charge in [-0.3, -0.25) is 14.6 Å². The fourth-order valence-corrected chi connectivity index (χ4v) is 2.05. The van der Waals surface area contributed by atoms with Crippen molar-refractivity contribution in [2.45, 2.75) is 20.4 Å². The first-order valence-electron chi connectivity index (χ1n) is 7.15. The number of rotatable bonds is 5. The predicted octanol–water partition coefficient (Wildman–Crippen LogP) is 2.29. The lowest BCUT2D eigenvalue weighted by molar-refractivity contribution is -0.119. The number of amides is 2. The summed E-state index contributed by atoms with van der Waals surface area (Å²) in [6, 6.07) is 8.82. The number of nitrogens with one attached hydrogen (secondary N) is 2. The molecule has 2 rings (SSSR count). The second kappa shape index (κ2) is 7.40. The van der Waals surface area contributed by atoms with Crippen molar-refractivity contribution in [3.63, 3.8) is 0 Å². The fraction of sp³-hybridized carbons (Fsp3) is 0.235. The number of ether oxygens (including phenoxy) is 1. The van der Waals surface area contributed by atoms with Crippen molar-refractivity contribution in [2.24, 2.45) is 0 Å². The van der Waals surface area contributed by atoms with E-state index in [-0.39, 0.29) is 18.4 Å². The largest absolute Gasteiger partial charge is 0.495 e. The number of aryl methyl sites for hydroxylation is 1. The van der Waals surface area contributed by atoms with Crippen LogP contribution in [-0.4, -0.2) is 23.9 Å². The third-order valence-electron chi connectivity index (χ3n) is 3.20. The Hall–Kier alpha value is -2.89. The number of anilines is 1. The van der Waals surface area contributed by atoms with Crippen LogP contribution in [-0.2, 0) is 11.3 Å². The van der Waals surface area contributed by atoms with Gasteiger partial charge in [0, 0.05) is 18.7 Å². The van der Waals surface area contributed by atoms with Gasteiger partial charge in [-0.2, -0.15) is 0 Å². The van der Waals surface area contributed by atoms with E-state index < -0.39 is 0 Å². The molecule has 0 radical (unpaired) electrons. The lowest BCUT2D eigenvalue weighted by atomic mass is 10.1. The molecule has 1 heterocycles. The highest BCUT2D eigenvalue weighted by Gasteiger charge is 2.11. The van der Waals surface area contributed by atoms with E-state index in [1.54, 1.807) is 31.5 Å². The summed E-state index contributed by atoms with van der Waals surface area (Å²) in [5.74, 6) is 0.183. The van der Waals surface area contributed by atoms with Crippen LogP contribution in [0.25, 0.3) is 0 Å². The molecule has 6 heteroatoms. The summed E-state index contributed by atoms with van der Waals surface area (Å²) in [6.07, 6.45) is 1.54. The number of hydrogen-bond donors (Lipinski definition) is 2. The molecule has 0 bridgehead atoms. The van der Waals surface area contributed by atoms with Gasteiger partial charge in [0.2, 0.25) is 5.91 Å². The lowest BCUT2D eigenvalue weighted by Crippen LogP contribution is -2.20. The van der Waals surface area contributed by atoms with Crippen molar-refractivity contribution in [2.75, 3.05) is 12.4 Å². The Morgan fingerprint density at radius 1 is 1.22 bits per heavy atom. The van der Waals surface area contributed by atoms with Crippen LogP contribution in [0.3, 0.4) is 0 Å². The quantitative estimate of drug-likeness (QED) is 0.887. The van der Waals surface area contributed by atoms with Crippen molar-refractivity contribution in [1.29, 1.82) is 0 Å². The Kier molecular flexibility index (Phi) is 5.30. The molecule has 0 aliphatic carbocycles. The average Bonchev–Trinajstić information content (AvgIpc) is 2.53. The maximum atomic E-state index is 12.4. The highest BCUT2D eigenvalue weighted by Crippen LogP contribution is 2.25. The number of benzene rings is 1. The van der Waals surface area contributed by atoms with E-state index in [1.165, 1.54) is 6.92 Å². The Labute approximate surface area is 134 Å². The highest BCUT2D eigenvalue weighted by molar-refractivity contribution is 6.05. The standard InChI is InChI=1S/C17H19N3O3/c1-11-4-5-16(23-3)15(8-11)20-17(22)13-6-7-18-14(9-13)10-19-12(2)21/h4-9H,10H2,1-3H3,(H,19,21)(H,20,22). The van der Waals surface area contributed by atoms with Crippen molar-refractivity contribution < 1.29 is 14.3 Å². The molecule has 23 heavy (non-hydrogen) atoms. The van der Waals surface area contributed by atoms with Crippen molar-refractivity contribution in [1.82, 2.24) is 10.3 Å². The normalized spacial score (nSPS) is 10.0. The van der Waals surface area contributed by atoms with Crippen LogP contribution in [0, 0.1) is 6.92 Å². The van der Waals surface area contributed by atoms with Crippen LogP contribution < -0.4 is 15.4 Å². The fourth-order valence-electron chi connectivity index (χ4n) is 2.05. The van der Waals surface area contributed by atoms with Gasteiger partial charge in [0.15, 0.2) is 0 Å². The van der Waals surface area contributed by atoms with Gasteiger partial charge < -0.3 is 15.4 Å². The van der Waals surface area contributed by atoms with Crippen LogP contribution in [0.2, 0.25) is 0 Å². The Bertz CT molecular complexity index is 729. The number of hydrogen-bond acceptors (Lipinski definition) is 4. The van der Waals surface area contributed by atoms with E-state index in [0.717, 1.165) is 5.56 Å². The topological polar surface area (TPSA) is 80.3 Å². The first-order valence-corrected chi connectivity index (χ1v) is 7.15. The molecule has 0 saturated carbocycles. The Morgan fingerprint density at radius 2 is 2.00 bits per heavy atom. The van der Waals surface area contributed by atoms with Crippen LogP contribution in [0.1, 0.15) is 28.5 Å². The first kappa shape index (κ1) is 16.5. The van der Waals surface area contributed by atoms with Crippen LogP contribution in [0.5, 0.6) is 5.75 Å². The summed E-state index contributed by atoms with van der Waals surface area (Å²) in [5, 5.41) is 5.48. The van der Waals surface area contributed by atoms with E-state index >= 15 is 0 Å². The first-order chi connectivity index (χ1) is 11.0. The van der Waals surface area contributed by atoms with Crippen molar-refractivity contribution in [3.8, 4) is 5.75 Å². The number of aromatic nitrogens is 1. The van der Waals surface area contributed by atoms with E-state index in [9.17, 15) is 9.59 Å². The third kappa shape index (κ3) is 4.54. The summed E-state index contributed by atoms with van der Waals surface area (Å²) in [6.45, 7) is 3.65. The summed E-state index contributed by atoms with van der Waals surface area (Å²) >= 11 is 0. The zero-order chi connectivity index (χ0) is 16.8. The molecule has 0 atom stereocenters. The van der Waals surface area contributed by atoms with Gasteiger partial charge in [-0.15, -0.1) is 0 Å². The molecule has 0 unspecified atom stereocenters. The predicted molar refractivity (Wildman–Crippen MR) is 87.4 cm³/mol. The molecule has 0 spiro atoms. The minimum Gasteiger partial charge on any atom is -0.495 e. The summed E-state index contributed by atoms with van der Waals surface area (Å²) in [4.78, 5) is 27.5. The second-order valence-electron chi connectivity index (χ2n) is 5.10. The number of pyridine rings is 1. The smallest absolute Gasteiger partial charge is 0.255 e. The molecule has 2 amide bonds. The van der Waals surface area contributed by atoms with Crippen LogP contribution in [0.15, 0.2) is 36.5 Å². The molecular weight excluding hydrogens is 294 g/mol. The maximum absolute atomic E-state index is 12.4. The summed E-state index contributed by atoms with van der Waals surface area (Å²) < 4.78 is 5.25. The maximum Gasteiger partial charge on any atom is 0.255 e. The number of carbonyl (C=O) groups excluding carboxylic acids is 2. The zero-order valence-electron chi connectivity index (χ0n) is 13.3. The minimum atomic E-state index is -0.264. The highest BCUT2D eigenvalue weighted by atomic mass is 16.5. The lowest BCUT2D eigenvalue weighted by Gasteiger charge is -2.11. The molecule has 1 aromatic heterocycles. The Balaban J connectivity index is 2.16. The van der Waals surface area contributed by atoms with Gasteiger partial charge in [-0.25, -0.2) is 0 Å². The molecule has 2 N–H and O–H groups in total. The van der Waals surface area contributed by atoms with Gasteiger partial charge in [0.1, 0.15) is 5.75 Å². The van der Waals surface area contributed by atoms with Crippen LogP contribution in [0.4, 0.5) is 5.69 Å².